The number of hydrogen-bond donors (Lipinski definition) is 3. The molecular formula is C12H13FN4O4. The van der Waals surface area contributed by atoms with E-state index in [0.29, 0.717) is 6.07 Å². The third-order valence-electron chi connectivity index (χ3n) is 3.11. The molecule has 1 heterocycles. The molecule has 0 bridgehead atoms. The Morgan fingerprint density at radius 3 is 2.76 bits per heavy atom. The predicted molar refractivity (Wildman–Crippen MR) is 71.5 cm³/mol. The summed E-state index contributed by atoms with van der Waals surface area (Å²) < 4.78 is 13.6. The van der Waals surface area contributed by atoms with Gasteiger partial charge in [0.15, 0.2) is 5.82 Å². The van der Waals surface area contributed by atoms with Gasteiger partial charge in [0.1, 0.15) is 5.56 Å². The van der Waals surface area contributed by atoms with E-state index < -0.39 is 28.4 Å². The van der Waals surface area contributed by atoms with Crippen molar-refractivity contribution in [2.45, 2.75) is 12.5 Å². The molecule has 9 heteroatoms. The van der Waals surface area contributed by atoms with Gasteiger partial charge in [-0.3, -0.25) is 19.7 Å². The van der Waals surface area contributed by atoms with Gasteiger partial charge in [0.25, 0.3) is 11.6 Å². The molecule has 112 valence electrons. The summed E-state index contributed by atoms with van der Waals surface area (Å²) in [5, 5.41) is 18.5. The summed E-state index contributed by atoms with van der Waals surface area (Å²) in [6, 6.07) is 1.33. The average Bonchev–Trinajstić information content (AvgIpc) is 2.83. The maximum absolute atomic E-state index is 13.6. The van der Waals surface area contributed by atoms with Crippen LogP contribution in [-0.4, -0.2) is 36.4 Å². The fourth-order valence-electron chi connectivity index (χ4n) is 2.06. The van der Waals surface area contributed by atoms with Gasteiger partial charge in [0.05, 0.1) is 22.7 Å². The summed E-state index contributed by atoms with van der Waals surface area (Å²) in [6.45, 7) is 0.262. The van der Waals surface area contributed by atoms with Gasteiger partial charge in [0.2, 0.25) is 5.91 Å². The van der Waals surface area contributed by atoms with Crippen LogP contribution in [-0.2, 0) is 4.79 Å². The summed E-state index contributed by atoms with van der Waals surface area (Å²) in [7, 11) is 1.44. The summed E-state index contributed by atoms with van der Waals surface area (Å²) >= 11 is 0. The second-order valence-corrected chi connectivity index (χ2v) is 4.53. The molecule has 2 rings (SSSR count). The number of amides is 2. The number of nitro groups is 1. The molecule has 1 aliphatic rings. The highest BCUT2D eigenvalue weighted by Gasteiger charge is 2.28. The second-order valence-electron chi connectivity index (χ2n) is 4.53. The quantitative estimate of drug-likeness (QED) is 0.549. The summed E-state index contributed by atoms with van der Waals surface area (Å²) in [5.41, 5.74) is -0.905. The zero-order valence-corrected chi connectivity index (χ0v) is 11.1. The number of anilines is 1. The fraction of sp³-hybridized carbons (Fsp3) is 0.333. The zero-order valence-electron chi connectivity index (χ0n) is 11.1. The molecule has 0 radical (unpaired) electrons. The zero-order chi connectivity index (χ0) is 15.6. The first-order valence-electron chi connectivity index (χ1n) is 6.15. The standard InChI is InChI=1S/C12H13FN4O4/c1-14-9-3-7(10(17(20)21)4-8(9)13)12(19)16-6-2-11(18)15-5-6/h3-4,6,14H,2,5H2,1H3,(H,15,18)(H,16,19). The molecule has 3 N–H and O–H groups in total. The first-order chi connectivity index (χ1) is 9.92. The molecule has 0 spiro atoms. The molecule has 0 aliphatic carbocycles. The highest BCUT2D eigenvalue weighted by atomic mass is 19.1. The number of benzene rings is 1. The number of nitrogens with one attached hydrogen (secondary N) is 3. The smallest absolute Gasteiger partial charge is 0.285 e. The van der Waals surface area contributed by atoms with E-state index in [-0.39, 0.29) is 30.1 Å². The van der Waals surface area contributed by atoms with Gasteiger partial charge in [-0.1, -0.05) is 0 Å². The van der Waals surface area contributed by atoms with Crippen molar-refractivity contribution in [1.82, 2.24) is 10.6 Å². The van der Waals surface area contributed by atoms with Crippen LogP contribution in [0.2, 0.25) is 0 Å². The Labute approximate surface area is 118 Å². The Kier molecular flexibility index (Phi) is 4.01. The lowest BCUT2D eigenvalue weighted by Crippen LogP contribution is -2.36. The number of carbonyl (C=O) groups excluding carboxylic acids is 2. The van der Waals surface area contributed by atoms with Crippen molar-refractivity contribution < 1.29 is 18.9 Å². The average molecular weight is 296 g/mol. The van der Waals surface area contributed by atoms with E-state index in [4.69, 9.17) is 0 Å². The van der Waals surface area contributed by atoms with Gasteiger partial charge >= 0.3 is 0 Å². The van der Waals surface area contributed by atoms with Gasteiger partial charge < -0.3 is 16.0 Å². The second kappa shape index (κ2) is 5.73. The topological polar surface area (TPSA) is 113 Å². The maximum atomic E-state index is 13.6. The number of nitro benzene ring substituents is 1. The minimum absolute atomic E-state index is 0.0219. The predicted octanol–water partition coefficient (Wildman–Crippen LogP) is 0.394. The minimum atomic E-state index is -0.824. The van der Waals surface area contributed by atoms with E-state index in [9.17, 15) is 24.1 Å². The van der Waals surface area contributed by atoms with E-state index in [0.717, 1.165) is 6.07 Å². The Balaban J connectivity index is 2.30. The summed E-state index contributed by atoms with van der Waals surface area (Å²) in [5.74, 6) is -1.75. The van der Waals surface area contributed by atoms with Crippen molar-refractivity contribution in [1.29, 1.82) is 0 Å². The molecule has 1 aromatic carbocycles. The Bertz CT molecular complexity index is 620. The SMILES string of the molecule is CNc1cc(C(=O)NC2CNC(=O)C2)c([N+](=O)[O-])cc1F. The molecule has 0 aromatic heterocycles. The molecule has 1 atom stereocenters. The molecule has 8 nitrogen and oxygen atoms in total. The molecule has 1 saturated heterocycles. The largest absolute Gasteiger partial charge is 0.386 e. The third-order valence-corrected chi connectivity index (χ3v) is 3.11. The van der Waals surface area contributed by atoms with Crippen molar-refractivity contribution in [3.63, 3.8) is 0 Å². The minimum Gasteiger partial charge on any atom is -0.386 e. The molecule has 2 amide bonds. The van der Waals surface area contributed by atoms with Crippen molar-refractivity contribution >= 4 is 23.2 Å². The van der Waals surface area contributed by atoms with E-state index >= 15 is 0 Å². The number of hydrogen-bond acceptors (Lipinski definition) is 5. The van der Waals surface area contributed by atoms with Crippen LogP contribution < -0.4 is 16.0 Å². The van der Waals surface area contributed by atoms with Crippen LogP contribution >= 0.6 is 0 Å². The van der Waals surface area contributed by atoms with E-state index in [1.165, 1.54) is 7.05 Å². The van der Waals surface area contributed by atoms with Crippen molar-refractivity contribution in [2.75, 3.05) is 18.9 Å². The van der Waals surface area contributed by atoms with Gasteiger partial charge in [-0.15, -0.1) is 0 Å². The van der Waals surface area contributed by atoms with Crippen LogP contribution in [0.5, 0.6) is 0 Å². The number of carbonyl (C=O) groups is 2. The fourth-order valence-corrected chi connectivity index (χ4v) is 2.06. The first kappa shape index (κ1) is 14.7. The van der Waals surface area contributed by atoms with Crippen LogP contribution in [0.15, 0.2) is 12.1 Å². The van der Waals surface area contributed by atoms with Crippen LogP contribution in [0.25, 0.3) is 0 Å². The lowest BCUT2D eigenvalue weighted by Gasteiger charge is -2.12. The van der Waals surface area contributed by atoms with Crippen molar-refractivity contribution in [3.05, 3.63) is 33.6 Å². The number of rotatable bonds is 4. The molecule has 0 saturated carbocycles. The molecule has 21 heavy (non-hydrogen) atoms. The van der Waals surface area contributed by atoms with Gasteiger partial charge in [0, 0.05) is 20.0 Å². The van der Waals surface area contributed by atoms with Gasteiger partial charge in [-0.05, 0) is 6.07 Å². The maximum Gasteiger partial charge on any atom is 0.285 e. The van der Waals surface area contributed by atoms with E-state index in [1.54, 1.807) is 0 Å². The van der Waals surface area contributed by atoms with E-state index in [2.05, 4.69) is 16.0 Å². The van der Waals surface area contributed by atoms with Crippen LogP contribution in [0.1, 0.15) is 16.8 Å². The van der Waals surface area contributed by atoms with Crippen LogP contribution in [0.3, 0.4) is 0 Å². The third kappa shape index (κ3) is 3.07. The lowest BCUT2D eigenvalue weighted by molar-refractivity contribution is -0.385. The molecule has 1 fully saturated rings. The van der Waals surface area contributed by atoms with Gasteiger partial charge in [-0.25, -0.2) is 4.39 Å². The van der Waals surface area contributed by atoms with Crippen LogP contribution in [0.4, 0.5) is 15.8 Å². The summed E-state index contributed by atoms with van der Waals surface area (Å²) in [4.78, 5) is 33.3. The van der Waals surface area contributed by atoms with Crippen molar-refractivity contribution in [3.8, 4) is 0 Å². The molecular weight excluding hydrogens is 283 g/mol. The Morgan fingerprint density at radius 1 is 1.52 bits per heavy atom. The number of halogens is 1. The normalized spacial score (nSPS) is 17.2. The number of nitrogens with zero attached hydrogens (tertiary/aromatic N) is 1. The van der Waals surface area contributed by atoms with Crippen molar-refractivity contribution in [2.24, 2.45) is 0 Å². The van der Waals surface area contributed by atoms with Crippen LogP contribution in [0, 0.1) is 15.9 Å². The van der Waals surface area contributed by atoms with Gasteiger partial charge in [-0.2, -0.15) is 0 Å². The first-order valence-corrected chi connectivity index (χ1v) is 6.15. The Hall–Kier alpha value is -2.71. The lowest BCUT2D eigenvalue weighted by atomic mass is 10.1. The highest BCUT2D eigenvalue weighted by Crippen LogP contribution is 2.26. The van der Waals surface area contributed by atoms with E-state index in [1.807, 2.05) is 0 Å². The monoisotopic (exact) mass is 296 g/mol. The molecule has 1 aliphatic heterocycles. The highest BCUT2D eigenvalue weighted by molar-refractivity contribution is 5.99. The molecule has 1 unspecified atom stereocenters. The molecule has 1 aromatic rings. The Morgan fingerprint density at radius 2 is 2.24 bits per heavy atom. The summed E-state index contributed by atoms with van der Waals surface area (Å²) in [6.07, 6.45) is 0.111.